The van der Waals surface area contributed by atoms with E-state index in [1.165, 1.54) is 24.8 Å². The van der Waals surface area contributed by atoms with E-state index in [9.17, 15) is 0 Å². The van der Waals surface area contributed by atoms with Crippen LogP contribution >= 0.6 is 0 Å². The summed E-state index contributed by atoms with van der Waals surface area (Å²) in [5, 5.41) is 3.50. The summed E-state index contributed by atoms with van der Waals surface area (Å²) in [5.74, 6) is 2.48. The molecule has 0 aromatic carbocycles. The van der Waals surface area contributed by atoms with Gasteiger partial charge in [-0.25, -0.2) is 0 Å². The molecule has 0 amide bonds. The zero-order valence-electron chi connectivity index (χ0n) is 12.1. The van der Waals surface area contributed by atoms with Crippen LogP contribution in [-0.2, 0) is 0 Å². The van der Waals surface area contributed by atoms with Crippen molar-refractivity contribution in [1.29, 1.82) is 0 Å². The largest absolute Gasteiger partial charge is 0.313 e. The maximum absolute atomic E-state index is 4.44. The first kappa shape index (κ1) is 13.5. The summed E-state index contributed by atoms with van der Waals surface area (Å²) in [5.41, 5.74) is 2.44. The maximum atomic E-state index is 4.44. The van der Waals surface area contributed by atoms with Gasteiger partial charge in [-0.3, -0.25) is 4.98 Å². The Morgan fingerprint density at radius 1 is 1.22 bits per heavy atom. The molecule has 1 aromatic rings. The average Bonchev–Trinajstić information content (AvgIpc) is 2.37. The van der Waals surface area contributed by atoms with Crippen LogP contribution in [0.2, 0.25) is 0 Å². The first-order valence-corrected chi connectivity index (χ1v) is 7.21. The molecule has 0 aliphatic heterocycles. The second-order valence-electron chi connectivity index (χ2n) is 6.03. The van der Waals surface area contributed by atoms with E-state index in [1.54, 1.807) is 0 Å². The monoisotopic (exact) mass is 246 g/mol. The van der Waals surface area contributed by atoms with Crippen LogP contribution in [0.25, 0.3) is 0 Å². The molecular weight excluding hydrogens is 220 g/mol. The lowest BCUT2D eigenvalue weighted by molar-refractivity contribution is 0.174. The molecule has 0 spiro atoms. The second kappa shape index (κ2) is 5.83. The highest BCUT2D eigenvalue weighted by Crippen LogP contribution is 2.39. The maximum Gasteiger partial charge on any atom is 0.0372 e. The molecule has 2 rings (SSSR count). The van der Waals surface area contributed by atoms with Gasteiger partial charge in [0.2, 0.25) is 0 Å². The van der Waals surface area contributed by atoms with Gasteiger partial charge in [0, 0.05) is 17.9 Å². The van der Waals surface area contributed by atoms with Crippen molar-refractivity contribution in [3.63, 3.8) is 0 Å². The first-order chi connectivity index (χ1) is 8.61. The molecule has 1 fully saturated rings. The number of nitrogens with zero attached hydrogens (tertiary/aromatic N) is 1. The number of nitrogens with one attached hydrogen (secondary N) is 1. The number of aryl methyl sites for hydroxylation is 1. The molecule has 0 saturated heterocycles. The molecule has 1 N–H and O–H groups in total. The van der Waals surface area contributed by atoms with Gasteiger partial charge >= 0.3 is 0 Å². The molecule has 1 saturated carbocycles. The Morgan fingerprint density at radius 2 is 2.00 bits per heavy atom. The zero-order valence-corrected chi connectivity index (χ0v) is 12.1. The number of hydrogen-bond acceptors (Lipinski definition) is 2. The van der Waals surface area contributed by atoms with Crippen molar-refractivity contribution in [3.05, 3.63) is 29.6 Å². The van der Waals surface area contributed by atoms with E-state index in [0.717, 1.165) is 23.4 Å². The Bertz CT molecular complexity index is 371. The fourth-order valence-electron chi connectivity index (χ4n) is 3.23. The van der Waals surface area contributed by atoms with Crippen molar-refractivity contribution in [2.45, 2.75) is 46.1 Å². The smallest absolute Gasteiger partial charge is 0.0372 e. The van der Waals surface area contributed by atoms with E-state index >= 15 is 0 Å². The molecule has 4 atom stereocenters. The quantitative estimate of drug-likeness (QED) is 0.879. The van der Waals surface area contributed by atoms with Gasteiger partial charge in [-0.15, -0.1) is 0 Å². The molecule has 1 aromatic heterocycles. The van der Waals surface area contributed by atoms with E-state index in [2.05, 4.69) is 43.3 Å². The van der Waals surface area contributed by atoms with E-state index in [4.69, 9.17) is 0 Å². The number of pyridine rings is 1. The van der Waals surface area contributed by atoms with Gasteiger partial charge in [0.1, 0.15) is 0 Å². The van der Waals surface area contributed by atoms with Crippen LogP contribution in [0.15, 0.2) is 18.3 Å². The molecule has 18 heavy (non-hydrogen) atoms. The van der Waals surface area contributed by atoms with E-state index in [0.29, 0.717) is 6.04 Å². The Balaban J connectivity index is 2.11. The Morgan fingerprint density at radius 3 is 2.56 bits per heavy atom. The van der Waals surface area contributed by atoms with Gasteiger partial charge in [0.15, 0.2) is 0 Å². The molecule has 1 heterocycles. The number of rotatable bonds is 3. The van der Waals surface area contributed by atoms with Crippen LogP contribution in [0, 0.1) is 24.7 Å². The van der Waals surface area contributed by atoms with Gasteiger partial charge in [0.05, 0.1) is 0 Å². The van der Waals surface area contributed by atoms with Crippen LogP contribution < -0.4 is 5.32 Å². The summed E-state index contributed by atoms with van der Waals surface area (Å²) in [7, 11) is 2.08. The fraction of sp³-hybridized carbons (Fsp3) is 0.688. The number of hydrogen-bond donors (Lipinski definition) is 1. The van der Waals surface area contributed by atoms with Crippen molar-refractivity contribution in [2.75, 3.05) is 7.05 Å². The molecule has 1 aliphatic carbocycles. The summed E-state index contributed by atoms with van der Waals surface area (Å²) in [4.78, 5) is 4.44. The highest BCUT2D eigenvalue weighted by atomic mass is 14.9. The van der Waals surface area contributed by atoms with Crippen LogP contribution in [0.3, 0.4) is 0 Å². The SMILES string of the molecule is CNC(c1ccc(C)nc1)C1CCC(C)C(C)C1. The molecule has 2 nitrogen and oxygen atoms in total. The highest BCUT2D eigenvalue weighted by Gasteiger charge is 2.30. The Kier molecular flexibility index (Phi) is 4.39. The van der Waals surface area contributed by atoms with Crippen molar-refractivity contribution in [3.8, 4) is 0 Å². The lowest BCUT2D eigenvalue weighted by Gasteiger charge is -2.36. The van der Waals surface area contributed by atoms with Gasteiger partial charge in [-0.1, -0.05) is 26.3 Å². The molecule has 4 unspecified atom stereocenters. The van der Waals surface area contributed by atoms with Crippen LogP contribution in [-0.4, -0.2) is 12.0 Å². The van der Waals surface area contributed by atoms with Crippen molar-refractivity contribution in [1.82, 2.24) is 10.3 Å². The first-order valence-electron chi connectivity index (χ1n) is 7.21. The summed E-state index contributed by atoms with van der Waals surface area (Å²) in [6.07, 6.45) is 6.08. The lowest BCUT2D eigenvalue weighted by Crippen LogP contribution is -2.31. The molecule has 2 heteroatoms. The zero-order chi connectivity index (χ0) is 13.1. The minimum absolute atomic E-state index is 0.466. The minimum Gasteiger partial charge on any atom is -0.313 e. The molecule has 0 bridgehead atoms. The second-order valence-corrected chi connectivity index (χ2v) is 6.03. The molecular formula is C16H26N2. The van der Waals surface area contributed by atoms with Crippen LogP contribution in [0.5, 0.6) is 0 Å². The fourth-order valence-corrected chi connectivity index (χ4v) is 3.23. The van der Waals surface area contributed by atoms with Gasteiger partial charge in [0.25, 0.3) is 0 Å². The predicted octanol–water partition coefficient (Wildman–Crippen LogP) is 3.72. The van der Waals surface area contributed by atoms with Crippen LogP contribution in [0.1, 0.15) is 50.4 Å². The Hall–Kier alpha value is -0.890. The van der Waals surface area contributed by atoms with E-state index in [-0.39, 0.29) is 0 Å². The van der Waals surface area contributed by atoms with Gasteiger partial charge < -0.3 is 5.32 Å². The third-order valence-corrected chi connectivity index (χ3v) is 4.71. The highest BCUT2D eigenvalue weighted by molar-refractivity contribution is 5.18. The summed E-state index contributed by atoms with van der Waals surface area (Å²) in [6, 6.07) is 4.81. The van der Waals surface area contributed by atoms with E-state index < -0.39 is 0 Å². The summed E-state index contributed by atoms with van der Waals surface area (Å²) >= 11 is 0. The standard InChI is InChI=1S/C16H26N2/c1-11-5-7-14(9-12(11)2)16(17-4)15-8-6-13(3)18-10-15/h6,8,10-12,14,16-17H,5,7,9H2,1-4H3. The summed E-state index contributed by atoms with van der Waals surface area (Å²) < 4.78 is 0. The predicted molar refractivity (Wildman–Crippen MR) is 76.4 cm³/mol. The Labute approximate surface area is 111 Å². The molecule has 1 aliphatic rings. The van der Waals surface area contributed by atoms with Crippen molar-refractivity contribution < 1.29 is 0 Å². The third kappa shape index (κ3) is 2.92. The van der Waals surface area contributed by atoms with Crippen molar-refractivity contribution in [2.24, 2.45) is 17.8 Å². The third-order valence-electron chi connectivity index (χ3n) is 4.71. The number of aromatic nitrogens is 1. The molecule has 0 radical (unpaired) electrons. The van der Waals surface area contributed by atoms with Crippen LogP contribution in [0.4, 0.5) is 0 Å². The normalized spacial score (nSPS) is 30.1. The summed E-state index contributed by atoms with van der Waals surface area (Å²) in [6.45, 7) is 6.84. The van der Waals surface area contributed by atoms with E-state index in [1.807, 2.05) is 13.1 Å². The topological polar surface area (TPSA) is 24.9 Å². The van der Waals surface area contributed by atoms with Gasteiger partial charge in [-0.05, 0) is 56.2 Å². The molecule has 100 valence electrons. The lowest BCUT2D eigenvalue weighted by atomic mass is 9.72. The van der Waals surface area contributed by atoms with Crippen molar-refractivity contribution >= 4 is 0 Å². The minimum atomic E-state index is 0.466. The average molecular weight is 246 g/mol. The van der Waals surface area contributed by atoms with Gasteiger partial charge in [-0.2, -0.15) is 0 Å².